The van der Waals surface area contributed by atoms with Crippen LogP contribution in [0.4, 0.5) is 5.13 Å². The summed E-state index contributed by atoms with van der Waals surface area (Å²) in [5.41, 5.74) is 3.04. The summed E-state index contributed by atoms with van der Waals surface area (Å²) in [7, 11) is 0. The van der Waals surface area contributed by atoms with Crippen molar-refractivity contribution in [3.8, 4) is 0 Å². The van der Waals surface area contributed by atoms with Gasteiger partial charge in [0.25, 0.3) is 5.91 Å². The number of carbonyl (C=O) groups is 1. The van der Waals surface area contributed by atoms with Crippen LogP contribution in [-0.2, 0) is 4.79 Å². The van der Waals surface area contributed by atoms with Crippen molar-refractivity contribution in [2.24, 2.45) is 0 Å². The summed E-state index contributed by atoms with van der Waals surface area (Å²) < 4.78 is 1.09. The van der Waals surface area contributed by atoms with Gasteiger partial charge in [-0.15, -0.1) is 0 Å². The van der Waals surface area contributed by atoms with Crippen LogP contribution in [-0.4, -0.2) is 10.9 Å². The monoisotopic (exact) mass is 400 g/mol. The number of rotatable bonds is 3. The van der Waals surface area contributed by atoms with E-state index in [4.69, 9.17) is 4.98 Å². The first-order valence-electron chi connectivity index (χ1n) is 8.97. The Morgan fingerprint density at radius 3 is 2.29 bits per heavy atom. The molecule has 1 aromatic heterocycles. The molecule has 1 unspecified atom stereocenters. The zero-order valence-corrected chi connectivity index (χ0v) is 16.5. The number of amides is 1. The van der Waals surface area contributed by atoms with Crippen molar-refractivity contribution in [3.05, 3.63) is 101 Å². The molecule has 2 heterocycles. The van der Waals surface area contributed by atoms with Crippen molar-refractivity contribution in [1.29, 1.82) is 0 Å². The molecule has 0 spiro atoms. The number of thiazole rings is 1. The maximum Gasteiger partial charge on any atom is 0.267 e. The van der Waals surface area contributed by atoms with E-state index in [1.54, 1.807) is 23.1 Å². The maximum absolute atomic E-state index is 13.4. The van der Waals surface area contributed by atoms with Crippen LogP contribution in [0.3, 0.4) is 0 Å². The first kappa shape index (κ1) is 17.2. The molecular formula is C23H16N2OS2. The third-order valence-electron chi connectivity index (χ3n) is 4.57. The lowest BCUT2D eigenvalue weighted by Crippen LogP contribution is -2.27. The van der Waals surface area contributed by atoms with Crippen LogP contribution in [0.5, 0.6) is 0 Å². The van der Waals surface area contributed by atoms with E-state index in [-0.39, 0.29) is 11.3 Å². The van der Waals surface area contributed by atoms with E-state index in [1.165, 1.54) is 0 Å². The van der Waals surface area contributed by atoms with Crippen molar-refractivity contribution < 1.29 is 4.79 Å². The van der Waals surface area contributed by atoms with Gasteiger partial charge < -0.3 is 0 Å². The molecule has 5 heteroatoms. The van der Waals surface area contributed by atoms with Gasteiger partial charge >= 0.3 is 0 Å². The summed E-state index contributed by atoms with van der Waals surface area (Å²) >= 11 is 3.14. The Morgan fingerprint density at radius 1 is 0.857 bits per heavy atom. The number of benzene rings is 3. The first-order chi connectivity index (χ1) is 13.8. The van der Waals surface area contributed by atoms with Crippen molar-refractivity contribution >= 4 is 50.4 Å². The van der Waals surface area contributed by atoms with Crippen molar-refractivity contribution in [3.63, 3.8) is 0 Å². The molecule has 3 nitrogen and oxygen atoms in total. The molecule has 0 radical (unpaired) electrons. The number of nitrogens with zero attached hydrogens (tertiary/aromatic N) is 2. The lowest BCUT2D eigenvalue weighted by molar-refractivity contribution is -0.114. The van der Waals surface area contributed by atoms with Gasteiger partial charge in [0, 0.05) is 0 Å². The van der Waals surface area contributed by atoms with Gasteiger partial charge in [0.2, 0.25) is 0 Å². The summed E-state index contributed by atoms with van der Waals surface area (Å²) in [6.45, 7) is 0. The van der Waals surface area contributed by atoms with Crippen molar-refractivity contribution in [2.45, 2.75) is 5.37 Å². The zero-order chi connectivity index (χ0) is 18.9. The molecule has 1 aliphatic heterocycles. The summed E-state index contributed by atoms with van der Waals surface area (Å²) in [5, 5.41) is 0.619. The number of anilines is 1. The summed E-state index contributed by atoms with van der Waals surface area (Å²) in [6, 6.07) is 28.1. The third kappa shape index (κ3) is 3.13. The minimum atomic E-state index is -0.121. The van der Waals surface area contributed by atoms with Crippen LogP contribution >= 0.6 is 23.1 Å². The number of hydrogen-bond donors (Lipinski definition) is 0. The molecule has 0 N–H and O–H groups in total. The third-order valence-corrected chi connectivity index (χ3v) is 6.86. The second kappa shape index (κ2) is 7.26. The molecule has 1 saturated heterocycles. The number of thioether (sulfide) groups is 1. The fourth-order valence-electron chi connectivity index (χ4n) is 3.23. The second-order valence-electron chi connectivity index (χ2n) is 6.44. The Labute approximate surface area is 171 Å². The topological polar surface area (TPSA) is 33.2 Å². The maximum atomic E-state index is 13.4. The summed E-state index contributed by atoms with van der Waals surface area (Å²) in [5.74, 6) is 0.00163. The van der Waals surface area contributed by atoms with Crippen LogP contribution in [0.15, 0.2) is 89.8 Å². The van der Waals surface area contributed by atoms with Crippen LogP contribution in [0.1, 0.15) is 16.5 Å². The summed E-state index contributed by atoms with van der Waals surface area (Å²) in [6.07, 6.45) is 1.97. The van der Waals surface area contributed by atoms with Crippen LogP contribution < -0.4 is 4.90 Å². The predicted molar refractivity (Wildman–Crippen MR) is 118 cm³/mol. The Bertz CT molecular complexity index is 1140. The molecule has 0 bridgehead atoms. The van der Waals surface area contributed by atoms with Crippen molar-refractivity contribution in [2.75, 3.05) is 4.90 Å². The number of aromatic nitrogens is 1. The minimum Gasteiger partial charge on any atom is -0.268 e. The lowest BCUT2D eigenvalue weighted by Gasteiger charge is -2.20. The van der Waals surface area contributed by atoms with E-state index in [0.29, 0.717) is 0 Å². The summed E-state index contributed by atoms with van der Waals surface area (Å²) in [4.78, 5) is 20.7. The molecule has 3 aromatic carbocycles. The average molecular weight is 401 g/mol. The molecule has 1 fully saturated rings. The van der Waals surface area contributed by atoms with Gasteiger partial charge in [0.05, 0.1) is 15.1 Å². The fraction of sp³-hybridized carbons (Fsp3) is 0.0435. The molecule has 136 valence electrons. The van der Waals surface area contributed by atoms with E-state index >= 15 is 0 Å². The molecule has 0 aliphatic carbocycles. The largest absolute Gasteiger partial charge is 0.268 e. The van der Waals surface area contributed by atoms with Gasteiger partial charge in [-0.25, -0.2) is 4.98 Å². The minimum absolute atomic E-state index is 0.00163. The highest BCUT2D eigenvalue weighted by Crippen LogP contribution is 2.49. The second-order valence-corrected chi connectivity index (χ2v) is 8.57. The molecule has 28 heavy (non-hydrogen) atoms. The Kier molecular flexibility index (Phi) is 4.47. The SMILES string of the molecule is O=C1/C(=C/c2ccccc2)SC(c2ccccc2)N1c1nc2ccccc2s1. The zero-order valence-electron chi connectivity index (χ0n) is 14.9. The normalized spacial score (nSPS) is 18.3. The fourth-order valence-corrected chi connectivity index (χ4v) is 5.53. The lowest BCUT2D eigenvalue weighted by atomic mass is 10.2. The van der Waals surface area contributed by atoms with E-state index in [0.717, 1.165) is 31.4 Å². The molecule has 0 saturated carbocycles. The highest BCUT2D eigenvalue weighted by molar-refractivity contribution is 8.05. The van der Waals surface area contributed by atoms with Crippen LogP contribution in [0.25, 0.3) is 16.3 Å². The molecule has 5 rings (SSSR count). The van der Waals surface area contributed by atoms with Gasteiger partial charge in [0.1, 0.15) is 5.37 Å². The molecule has 1 aliphatic rings. The standard InChI is InChI=1S/C23H16N2OS2/c26-21-20(15-16-9-3-1-4-10-16)27-22(17-11-5-2-6-12-17)25(21)23-24-18-13-7-8-14-19(18)28-23/h1-15,22H/b20-15-. The quantitative estimate of drug-likeness (QED) is 0.389. The van der Waals surface area contributed by atoms with Gasteiger partial charge in [0.15, 0.2) is 5.13 Å². The van der Waals surface area contributed by atoms with E-state index in [1.807, 2.05) is 83.8 Å². The molecule has 1 amide bonds. The first-order valence-corrected chi connectivity index (χ1v) is 10.7. The van der Waals surface area contributed by atoms with Crippen molar-refractivity contribution in [1.82, 2.24) is 4.98 Å². The Balaban J connectivity index is 1.61. The molecule has 1 atom stereocenters. The number of para-hydroxylation sites is 1. The average Bonchev–Trinajstić information content (AvgIpc) is 3.30. The van der Waals surface area contributed by atoms with Gasteiger partial charge in [-0.05, 0) is 29.3 Å². The van der Waals surface area contributed by atoms with Crippen LogP contribution in [0, 0.1) is 0 Å². The number of fused-ring (bicyclic) bond motifs is 1. The van der Waals surface area contributed by atoms with Gasteiger partial charge in [-0.3, -0.25) is 9.69 Å². The van der Waals surface area contributed by atoms with Gasteiger partial charge in [-0.1, -0.05) is 95.9 Å². The smallest absolute Gasteiger partial charge is 0.267 e. The van der Waals surface area contributed by atoms with E-state index in [9.17, 15) is 4.79 Å². The van der Waals surface area contributed by atoms with E-state index in [2.05, 4.69) is 12.1 Å². The molecular weight excluding hydrogens is 384 g/mol. The Hall–Kier alpha value is -2.89. The molecule has 4 aromatic rings. The van der Waals surface area contributed by atoms with E-state index < -0.39 is 0 Å². The van der Waals surface area contributed by atoms with Crippen LogP contribution in [0.2, 0.25) is 0 Å². The Morgan fingerprint density at radius 2 is 1.54 bits per heavy atom. The highest BCUT2D eigenvalue weighted by Gasteiger charge is 2.39. The number of carbonyl (C=O) groups excluding carboxylic acids is 1. The van der Waals surface area contributed by atoms with Gasteiger partial charge in [-0.2, -0.15) is 0 Å². The number of hydrogen-bond acceptors (Lipinski definition) is 4. The predicted octanol–water partition coefficient (Wildman–Crippen LogP) is 6.12. The highest BCUT2D eigenvalue weighted by atomic mass is 32.2.